The second-order valence-electron chi connectivity index (χ2n) is 7.02. The Morgan fingerprint density at radius 3 is 2.62 bits per heavy atom. The summed E-state index contributed by atoms with van der Waals surface area (Å²) in [6.45, 7) is 1.76. The molecule has 0 heterocycles. The van der Waals surface area contributed by atoms with E-state index in [1.54, 1.807) is 43.3 Å². The van der Waals surface area contributed by atoms with E-state index in [0.29, 0.717) is 16.7 Å². The lowest BCUT2D eigenvalue weighted by atomic mass is 9.75. The van der Waals surface area contributed by atoms with Gasteiger partial charge in [0.1, 0.15) is 5.75 Å². The highest BCUT2D eigenvalue weighted by atomic mass is 16.4. The molecule has 1 fully saturated rings. The summed E-state index contributed by atoms with van der Waals surface area (Å²) in [5, 5.41) is 32.1. The van der Waals surface area contributed by atoms with Crippen molar-refractivity contribution in [2.75, 3.05) is 0 Å². The van der Waals surface area contributed by atoms with Crippen LogP contribution >= 0.6 is 0 Å². The first-order valence-electron chi connectivity index (χ1n) is 8.64. The molecule has 136 valence electrons. The smallest absolute Gasteiger partial charge is 0.475 e. The third-order valence-corrected chi connectivity index (χ3v) is 4.93. The summed E-state index contributed by atoms with van der Waals surface area (Å²) >= 11 is 0. The molecule has 26 heavy (non-hydrogen) atoms. The molecule has 2 aromatic carbocycles. The molecule has 1 saturated carbocycles. The molecule has 1 amide bonds. The lowest BCUT2D eigenvalue weighted by Crippen LogP contribution is -2.48. The number of rotatable bonds is 6. The van der Waals surface area contributed by atoms with Gasteiger partial charge in [-0.2, -0.15) is 0 Å². The molecule has 6 N–H and O–H groups in total. The molecule has 0 saturated heterocycles. The third-order valence-electron chi connectivity index (χ3n) is 4.93. The predicted molar refractivity (Wildman–Crippen MR) is 99.5 cm³/mol. The lowest BCUT2D eigenvalue weighted by Gasteiger charge is -2.19. The van der Waals surface area contributed by atoms with Gasteiger partial charge in [0.2, 0.25) is 0 Å². The number of aryl methyl sites for hydroxylation is 1. The zero-order valence-corrected chi connectivity index (χ0v) is 14.6. The SMILES string of the molecule is Cc1cccc(C[C@H](NC(=O)c2cccc(C3(N)CC3)c2)B(O)O)c1O. The van der Waals surface area contributed by atoms with Crippen molar-refractivity contribution < 1.29 is 19.9 Å². The fraction of sp³-hybridized carbons (Fsp3) is 0.316. The van der Waals surface area contributed by atoms with Gasteiger partial charge in [-0.1, -0.05) is 30.3 Å². The number of hydrogen-bond acceptors (Lipinski definition) is 5. The highest BCUT2D eigenvalue weighted by Crippen LogP contribution is 2.42. The fourth-order valence-corrected chi connectivity index (χ4v) is 3.00. The average molecular weight is 354 g/mol. The Bertz CT molecular complexity index is 821. The predicted octanol–water partition coefficient (Wildman–Crippen LogP) is 1.00. The summed E-state index contributed by atoms with van der Waals surface area (Å²) in [4.78, 5) is 12.6. The van der Waals surface area contributed by atoms with Crippen LogP contribution in [0.1, 0.15) is 39.9 Å². The van der Waals surface area contributed by atoms with Crippen molar-refractivity contribution in [3.05, 3.63) is 64.7 Å². The molecule has 1 aliphatic carbocycles. The van der Waals surface area contributed by atoms with E-state index < -0.39 is 19.0 Å². The lowest BCUT2D eigenvalue weighted by molar-refractivity contribution is 0.0941. The molecule has 3 rings (SSSR count). The number of aromatic hydroxyl groups is 1. The van der Waals surface area contributed by atoms with E-state index in [9.17, 15) is 19.9 Å². The van der Waals surface area contributed by atoms with Crippen LogP contribution in [0.2, 0.25) is 0 Å². The zero-order chi connectivity index (χ0) is 18.9. The van der Waals surface area contributed by atoms with Gasteiger partial charge < -0.3 is 26.2 Å². The Balaban J connectivity index is 1.76. The number of amides is 1. The molecular weight excluding hydrogens is 331 g/mol. The van der Waals surface area contributed by atoms with Crippen LogP contribution in [-0.4, -0.2) is 34.1 Å². The molecule has 0 radical (unpaired) electrons. The summed E-state index contributed by atoms with van der Waals surface area (Å²) in [7, 11) is -1.76. The number of carbonyl (C=O) groups is 1. The second kappa shape index (κ2) is 7.11. The van der Waals surface area contributed by atoms with E-state index in [0.717, 1.165) is 18.4 Å². The van der Waals surface area contributed by atoms with Gasteiger partial charge in [-0.15, -0.1) is 0 Å². The minimum absolute atomic E-state index is 0.0909. The van der Waals surface area contributed by atoms with Crippen molar-refractivity contribution in [1.82, 2.24) is 5.32 Å². The van der Waals surface area contributed by atoms with Crippen molar-refractivity contribution in [3.63, 3.8) is 0 Å². The standard InChI is InChI=1S/C19H23BN2O4/c1-12-4-2-5-13(17(12)23)11-16(20(25)26)22-18(24)14-6-3-7-15(10-14)19(21)8-9-19/h2-7,10,16,23,25-26H,8-9,11,21H2,1H3,(H,22,24)/t16-/m0/s1. The van der Waals surface area contributed by atoms with Crippen LogP contribution in [0.4, 0.5) is 0 Å². The largest absolute Gasteiger partial charge is 0.507 e. The maximum atomic E-state index is 12.6. The van der Waals surface area contributed by atoms with Crippen LogP contribution in [0.5, 0.6) is 5.75 Å². The molecule has 2 aromatic rings. The molecule has 7 heteroatoms. The molecule has 0 aliphatic heterocycles. The summed E-state index contributed by atoms with van der Waals surface area (Å²) in [6.07, 6.45) is 1.88. The van der Waals surface area contributed by atoms with Gasteiger partial charge in [0.15, 0.2) is 0 Å². The second-order valence-corrected chi connectivity index (χ2v) is 7.02. The van der Waals surface area contributed by atoms with Crippen LogP contribution in [0.3, 0.4) is 0 Å². The Hall–Kier alpha value is -2.35. The van der Waals surface area contributed by atoms with Crippen molar-refractivity contribution in [2.45, 2.75) is 37.7 Å². The van der Waals surface area contributed by atoms with Gasteiger partial charge in [0.05, 0.1) is 5.94 Å². The van der Waals surface area contributed by atoms with Crippen molar-refractivity contribution in [2.24, 2.45) is 5.73 Å². The van der Waals surface area contributed by atoms with Gasteiger partial charge in [0, 0.05) is 11.1 Å². The topological polar surface area (TPSA) is 116 Å². The number of nitrogens with two attached hydrogens (primary N) is 1. The van der Waals surface area contributed by atoms with Crippen molar-refractivity contribution >= 4 is 13.0 Å². The number of phenols is 1. The Morgan fingerprint density at radius 1 is 1.27 bits per heavy atom. The quantitative estimate of drug-likeness (QED) is 0.497. The number of phenolic OH excluding ortho intramolecular Hbond substituents is 1. The van der Waals surface area contributed by atoms with Crippen LogP contribution in [0.15, 0.2) is 42.5 Å². The van der Waals surface area contributed by atoms with E-state index >= 15 is 0 Å². The Kier molecular flexibility index (Phi) is 5.04. The third kappa shape index (κ3) is 3.90. The molecule has 0 bridgehead atoms. The van der Waals surface area contributed by atoms with Gasteiger partial charge in [-0.3, -0.25) is 4.79 Å². The van der Waals surface area contributed by atoms with Crippen molar-refractivity contribution in [1.29, 1.82) is 0 Å². The first-order valence-corrected chi connectivity index (χ1v) is 8.64. The maximum absolute atomic E-state index is 12.6. The number of para-hydroxylation sites is 1. The summed E-state index contributed by atoms with van der Waals surface area (Å²) in [5.74, 6) is -1.28. The molecular formula is C19H23BN2O4. The van der Waals surface area contributed by atoms with E-state index in [2.05, 4.69) is 5.32 Å². The number of benzene rings is 2. The average Bonchev–Trinajstić information content (AvgIpc) is 3.37. The van der Waals surface area contributed by atoms with E-state index in [1.807, 2.05) is 6.07 Å². The summed E-state index contributed by atoms with van der Waals surface area (Å²) in [6, 6.07) is 12.3. The van der Waals surface area contributed by atoms with Crippen LogP contribution in [-0.2, 0) is 12.0 Å². The van der Waals surface area contributed by atoms with Crippen molar-refractivity contribution in [3.8, 4) is 5.75 Å². The summed E-state index contributed by atoms with van der Waals surface area (Å²) in [5.41, 5.74) is 8.38. The number of nitrogens with one attached hydrogen (secondary N) is 1. The van der Waals surface area contributed by atoms with Gasteiger partial charge in [-0.05, 0) is 55.0 Å². The van der Waals surface area contributed by atoms with Crippen LogP contribution in [0.25, 0.3) is 0 Å². The first-order chi connectivity index (χ1) is 12.3. The fourth-order valence-electron chi connectivity index (χ4n) is 3.00. The Labute approximate surface area is 152 Å². The van der Waals surface area contributed by atoms with Crippen LogP contribution < -0.4 is 11.1 Å². The number of carbonyl (C=O) groups excluding carboxylic acids is 1. The molecule has 0 spiro atoms. The highest BCUT2D eigenvalue weighted by Gasteiger charge is 2.40. The van der Waals surface area contributed by atoms with E-state index in [-0.39, 0.29) is 17.7 Å². The zero-order valence-electron chi connectivity index (χ0n) is 14.6. The van der Waals surface area contributed by atoms with Gasteiger partial charge in [0.25, 0.3) is 5.91 Å². The minimum Gasteiger partial charge on any atom is -0.507 e. The monoisotopic (exact) mass is 354 g/mol. The molecule has 0 aromatic heterocycles. The molecule has 0 unspecified atom stereocenters. The van der Waals surface area contributed by atoms with E-state index in [4.69, 9.17) is 5.73 Å². The maximum Gasteiger partial charge on any atom is 0.475 e. The molecule has 6 nitrogen and oxygen atoms in total. The number of hydrogen-bond donors (Lipinski definition) is 5. The van der Waals surface area contributed by atoms with Gasteiger partial charge >= 0.3 is 7.12 Å². The first kappa shape index (κ1) is 18.4. The molecule has 1 atom stereocenters. The normalized spacial score (nSPS) is 16.0. The van der Waals surface area contributed by atoms with E-state index in [1.165, 1.54) is 0 Å². The molecule has 1 aliphatic rings. The summed E-state index contributed by atoms with van der Waals surface area (Å²) < 4.78 is 0. The highest BCUT2D eigenvalue weighted by molar-refractivity contribution is 6.43. The Morgan fingerprint density at radius 2 is 1.96 bits per heavy atom. The minimum atomic E-state index is -1.76. The van der Waals surface area contributed by atoms with Crippen LogP contribution in [0, 0.1) is 6.92 Å². The van der Waals surface area contributed by atoms with Gasteiger partial charge in [-0.25, -0.2) is 0 Å².